The standard InChI is InChI=1S/C6H11N3O3/c7-5(11)4-1-3(10)2-9(4)6(8)12/h3-4,10H,1-2H2,(H2,7,11)(H2,8,12)/t3-,4-/m0/s1. The Labute approximate surface area is 69.1 Å². The van der Waals surface area contributed by atoms with Gasteiger partial charge in [0.2, 0.25) is 5.91 Å². The zero-order valence-corrected chi connectivity index (χ0v) is 6.43. The Morgan fingerprint density at radius 2 is 2.00 bits per heavy atom. The molecule has 1 heterocycles. The molecule has 0 spiro atoms. The molecule has 3 amide bonds. The molecule has 1 saturated heterocycles. The normalized spacial score (nSPS) is 28.9. The van der Waals surface area contributed by atoms with E-state index < -0.39 is 24.1 Å². The molecule has 0 aromatic rings. The minimum Gasteiger partial charge on any atom is -0.391 e. The van der Waals surface area contributed by atoms with Crippen LogP contribution in [-0.4, -0.2) is 40.6 Å². The second-order valence-corrected chi connectivity index (χ2v) is 2.80. The van der Waals surface area contributed by atoms with Gasteiger partial charge in [0.15, 0.2) is 0 Å². The molecule has 0 radical (unpaired) electrons. The highest BCUT2D eigenvalue weighted by molar-refractivity contribution is 5.86. The van der Waals surface area contributed by atoms with Crippen LogP contribution >= 0.6 is 0 Å². The molecule has 12 heavy (non-hydrogen) atoms. The van der Waals surface area contributed by atoms with Gasteiger partial charge in [-0.05, 0) is 0 Å². The maximum absolute atomic E-state index is 10.7. The van der Waals surface area contributed by atoms with Gasteiger partial charge in [-0.15, -0.1) is 0 Å². The molecule has 0 saturated carbocycles. The van der Waals surface area contributed by atoms with Crippen LogP contribution in [0.25, 0.3) is 0 Å². The molecule has 0 aromatic heterocycles. The van der Waals surface area contributed by atoms with Crippen molar-refractivity contribution < 1.29 is 14.7 Å². The van der Waals surface area contributed by atoms with E-state index in [9.17, 15) is 9.59 Å². The van der Waals surface area contributed by atoms with Crippen molar-refractivity contribution in [3.8, 4) is 0 Å². The largest absolute Gasteiger partial charge is 0.391 e. The number of carbonyl (C=O) groups is 2. The number of nitrogens with zero attached hydrogens (tertiary/aromatic N) is 1. The van der Waals surface area contributed by atoms with Crippen LogP contribution in [0.15, 0.2) is 0 Å². The first kappa shape index (κ1) is 8.79. The number of carbonyl (C=O) groups excluding carboxylic acids is 2. The monoisotopic (exact) mass is 173 g/mol. The van der Waals surface area contributed by atoms with Crippen molar-refractivity contribution in [1.82, 2.24) is 4.90 Å². The molecule has 1 rings (SSSR count). The molecule has 2 atom stereocenters. The van der Waals surface area contributed by atoms with Gasteiger partial charge in [-0.3, -0.25) is 4.79 Å². The molecule has 0 aliphatic carbocycles. The van der Waals surface area contributed by atoms with Crippen LogP contribution in [0, 0.1) is 0 Å². The fourth-order valence-electron chi connectivity index (χ4n) is 1.33. The van der Waals surface area contributed by atoms with Crippen LogP contribution in [0.2, 0.25) is 0 Å². The predicted molar refractivity (Wildman–Crippen MR) is 39.9 cm³/mol. The van der Waals surface area contributed by atoms with E-state index in [0.29, 0.717) is 0 Å². The first-order valence-electron chi connectivity index (χ1n) is 3.56. The Hall–Kier alpha value is -1.30. The summed E-state index contributed by atoms with van der Waals surface area (Å²) in [5, 5.41) is 9.11. The fourth-order valence-corrected chi connectivity index (χ4v) is 1.33. The molecule has 1 fully saturated rings. The summed E-state index contributed by atoms with van der Waals surface area (Å²) in [6.07, 6.45) is -0.520. The third-order valence-corrected chi connectivity index (χ3v) is 1.89. The van der Waals surface area contributed by atoms with E-state index in [0.717, 1.165) is 4.90 Å². The minimum atomic E-state index is -0.752. The lowest BCUT2D eigenvalue weighted by atomic mass is 10.2. The second-order valence-electron chi connectivity index (χ2n) is 2.80. The molecule has 6 heteroatoms. The molecule has 0 aromatic carbocycles. The number of aliphatic hydroxyl groups excluding tert-OH is 1. The first-order valence-corrected chi connectivity index (χ1v) is 3.56. The van der Waals surface area contributed by atoms with Gasteiger partial charge in [0.05, 0.1) is 6.10 Å². The quantitative estimate of drug-likeness (QED) is 0.426. The van der Waals surface area contributed by atoms with E-state index in [1.54, 1.807) is 0 Å². The lowest BCUT2D eigenvalue weighted by Crippen LogP contribution is -2.46. The van der Waals surface area contributed by atoms with Gasteiger partial charge < -0.3 is 21.5 Å². The molecule has 6 nitrogen and oxygen atoms in total. The number of hydrogen-bond donors (Lipinski definition) is 3. The molecule has 0 bridgehead atoms. The Kier molecular flexibility index (Phi) is 2.18. The number of aliphatic hydroxyl groups is 1. The molecular formula is C6H11N3O3. The lowest BCUT2D eigenvalue weighted by molar-refractivity contribution is -0.121. The van der Waals surface area contributed by atoms with E-state index in [4.69, 9.17) is 16.6 Å². The number of amides is 3. The van der Waals surface area contributed by atoms with Gasteiger partial charge in [-0.1, -0.05) is 0 Å². The predicted octanol–water partition coefficient (Wildman–Crippen LogP) is -2.01. The second kappa shape index (κ2) is 2.98. The fraction of sp³-hybridized carbons (Fsp3) is 0.667. The number of hydrogen-bond acceptors (Lipinski definition) is 3. The summed E-state index contributed by atoms with van der Waals surface area (Å²) in [4.78, 5) is 22.5. The van der Waals surface area contributed by atoms with Crippen molar-refractivity contribution >= 4 is 11.9 Å². The van der Waals surface area contributed by atoms with E-state index >= 15 is 0 Å². The average molecular weight is 173 g/mol. The van der Waals surface area contributed by atoms with Crippen LogP contribution in [0.4, 0.5) is 4.79 Å². The van der Waals surface area contributed by atoms with Crippen molar-refractivity contribution in [2.24, 2.45) is 11.5 Å². The molecule has 68 valence electrons. The molecule has 5 N–H and O–H groups in total. The van der Waals surface area contributed by atoms with E-state index in [1.807, 2.05) is 0 Å². The SMILES string of the molecule is NC(=O)[C@@H]1C[C@H](O)CN1C(N)=O. The summed E-state index contributed by atoms with van der Waals surface area (Å²) in [5.41, 5.74) is 9.94. The van der Waals surface area contributed by atoms with Gasteiger partial charge in [0.1, 0.15) is 6.04 Å². The maximum atomic E-state index is 10.7. The highest BCUT2D eigenvalue weighted by atomic mass is 16.3. The third-order valence-electron chi connectivity index (χ3n) is 1.89. The van der Waals surface area contributed by atoms with Gasteiger partial charge in [0.25, 0.3) is 0 Å². The number of nitrogens with two attached hydrogens (primary N) is 2. The topological polar surface area (TPSA) is 110 Å². The summed E-state index contributed by atoms with van der Waals surface area (Å²) in [7, 11) is 0. The van der Waals surface area contributed by atoms with Crippen LogP contribution in [-0.2, 0) is 4.79 Å². The van der Waals surface area contributed by atoms with Crippen LogP contribution in [0.5, 0.6) is 0 Å². The zero-order valence-electron chi connectivity index (χ0n) is 6.43. The summed E-state index contributed by atoms with van der Waals surface area (Å²) in [5.74, 6) is -0.634. The van der Waals surface area contributed by atoms with Crippen LogP contribution in [0.3, 0.4) is 0 Å². The van der Waals surface area contributed by atoms with Crippen molar-refractivity contribution in [2.75, 3.05) is 6.54 Å². The number of rotatable bonds is 1. The van der Waals surface area contributed by atoms with Gasteiger partial charge in [-0.25, -0.2) is 4.79 Å². The van der Waals surface area contributed by atoms with Crippen LogP contribution in [0.1, 0.15) is 6.42 Å². The molecule has 1 aliphatic heterocycles. The van der Waals surface area contributed by atoms with E-state index in [-0.39, 0.29) is 13.0 Å². The van der Waals surface area contributed by atoms with Crippen molar-refractivity contribution in [3.05, 3.63) is 0 Å². The van der Waals surface area contributed by atoms with Gasteiger partial charge in [0, 0.05) is 13.0 Å². The number of urea groups is 1. The smallest absolute Gasteiger partial charge is 0.315 e. The summed E-state index contributed by atoms with van der Waals surface area (Å²) in [6.45, 7) is 0.0863. The summed E-state index contributed by atoms with van der Waals surface area (Å²) < 4.78 is 0. The molecule has 1 aliphatic rings. The van der Waals surface area contributed by atoms with Crippen LogP contribution < -0.4 is 11.5 Å². The number of primary amides is 2. The van der Waals surface area contributed by atoms with Gasteiger partial charge >= 0.3 is 6.03 Å². The van der Waals surface area contributed by atoms with Gasteiger partial charge in [-0.2, -0.15) is 0 Å². The van der Waals surface area contributed by atoms with Crippen molar-refractivity contribution in [2.45, 2.75) is 18.6 Å². The third kappa shape index (κ3) is 1.48. The number of likely N-dealkylation sites (tertiary alicyclic amines) is 1. The molecular weight excluding hydrogens is 162 g/mol. The van der Waals surface area contributed by atoms with E-state index in [1.165, 1.54) is 0 Å². The Bertz CT molecular complexity index is 196. The minimum absolute atomic E-state index is 0.0863. The number of β-amino-alcohol motifs (C(OH)–C–C–N with tert-alkyl or cyclic N) is 1. The lowest BCUT2D eigenvalue weighted by Gasteiger charge is -2.18. The Balaban J connectivity index is 2.72. The maximum Gasteiger partial charge on any atom is 0.315 e. The average Bonchev–Trinajstić information content (AvgIpc) is 2.31. The van der Waals surface area contributed by atoms with E-state index in [2.05, 4.69) is 0 Å². The van der Waals surface area contributed by atoms with Crippen molar-refractivity contribution in [1.29, 1.82) is 0 Å². The summed E-state index contributed by atoms with van der Waals surface area (Å²) in [6, 6.07) is -1.48. The first-order chi connectivity index (χ1) is 5.52. The Morgan fingerprint density at radius 3 is 2.33 bits per heavy atom. The zero-order chi connectivity index (χ0) is 9.30. The highest BCUT2D eigenvalue weighted by Crippen LogP contribution is 2.16. The Morgan fingerprint density at radius 1 is 1.42 bits per heavy atom. The van der Waals surface area contributed by atoms with Crippen molar-refractivity contribution in [3.63, 3.8) is 0 Å². The highest BCUT2D eigenvalue weighted by Gasteiger charge is 2.36. The molecule has 0 unspecified atom stereocenters. The summed E-state index contributed by atoms with van der Waals surface area (Å²) >= 11 is 0.